The van der Waals surface area contributed by atoms with Gasteiger partial charge in [-0.3, -0.25) is 4.79 Å². The number of hydrogen-bond donors (Lipinski definition) is 2. The highest BCUT2D eigenvalue weighted by molar-refractivity contribution is 7.14. The number of rotatable bonds is 4. The van der Waals surface area contributed by atoms with Gasteiger partial charge in [0.05, 0.1) is 7.11 Å². The second-order valence-electron chi connectivity index (χ2n) is 3.92. The van der Waals surface area contributed by atoms with Crippen LogP contribution in [-0.4, -0.2) is 24.0 Å². The van der Waals surface area contributed by atoms with Crippen molar-refractivity contribution in [1.82, 2.24) is 4.98 Å². The minimum atomic E-state index is -0.471. The summed E-state index contributed by atoms with van der Waals surface area (Å²) < 4.78 is 4.59. The van der Waals surface area contributed by atoms with Crippen molar-refractivity contribution in [3.63, 3.8) is 0 Å². The lowest BCUT2D eigenvalue weighted by molar-refractivity contribution is -0.114. The number of hydrogen-bond acceptors (Lipinski definition) is 6. The van der Waals surface area contributed by atoms with Crippen molar-refractivity contribution in [3.05, 3.63) is 35.3 Å². The SMILES string of the molecule is COC(=O)c1csc(Nc2cccc(NC(C)=O)c2)n1. The Bertz CT molecular complexity index is 639. The van der Waals surface area contributed by atoms with Crippen LogP contribution in [0.3, 0.4) is 0 Å². The first-order valence-electron chi connectivity index (χ1n) is 5.77. The number of benzene rings is 1. The summed E-state index contributed by atoms with van der Waals surface area (Å²) >= 11 is 1.30. The van der Waals surface area contributed by atoms with E-state index in [9.17, 15) is 9.59 Å². The van der Waals surface area contributed by atoms with Crippen molar-refractivity contribution < 1.29 is 14.3 Å². The van der Waals surface area contributed by atoms with Gasteiger partial charge in [0.15, 0.2) is 10.8 Å². The molecule has 0 aliphatic heterocycles. The van der Waals surface area contributed by atoms with Gasteiger partial charge in [-0.1, -0.05) is 6.07 Å². The Morgan fingerprint density at radius 3 is 2.75 bits per heavy atom. The summed E-state index contributed by atoms with van der Waals surface area (Å²) in [5.41, 5.74) is 1.72. The Morgan fingerprint density at radius 1 is 1.30 bits per heavy atom. The fourth-order valence-electron chi connectivity index (χ4n) is 1.53. The molecule has 0 unspecified atom stereocenters. The van der Waals surface area contributed by atoms with Crippen molar-refractivity contribution in [3.8, 4) is 0 Å². The van der Waals surface area contributed by atoms with Crippen molar-refractivity contribution in [2.24, 2.45) is 0 Å². The summed E-state index contributed by atoms with van der Waals surface area (Å²) in [5.74, 6) is -0.606. The highest BCUT2D eigenvalue weighted by Crippen LogP contribution is 2.23. The maximum Gasteiger partial charge on any atom is 0.357 e. The van der Waals surface area contributed by atoms with Crippen LogP contribution in [0.15, 0.2) is 29.6 Å². The molecule has 0 aliphatic rings. The van der Waals surface area contributed by atoms with E-state index in [1.54, 1.807) is 17.5 Å². The van der Waals surface area contributed by atoms with Crippen molar-refractivity contribution in [2.45, 2.75) is 6.92 Å². The molecule has 0 saturated heterocycles. The molecule has 0 atom stereocenters. The van der Waals surface area contributed by atoms with Gasteiger partial charge in [-0.2, -0.15) is 0 Å². The number of esters is 1. The van der Waals surface area contributed by atoms with E-state index in [2.05, 4.69) is 20.4 Å². The first kappa shape index (κ1) is 14.0. The van der Waals surface area contributed by atoms with E-state index < -0.39 is 5.97 Å². The van der Waals surface area contributed by atoms with E-state index in [1.165, 1.54) is 25.4 Å². The van der Waals surface area contributed by atoms with Crippen LogP contribution in [0.4, 0.5) is 16.5 Å². The number of anilines is 3. The maximum atomic E-state index is 11.3. The van der Waals surface area contributed by atoms with Gasteiger partial charge in [0.2, 0.25) is 5.91 Å². The van der Waals surface area contributed by atoms with E-state index in [1.807, 2.05) is 12.1 Å². The van der Waals surface area contributed by atoms with Gasteiger partial charge in [-0.05, 0) is 18.2 Å². The summed E-state index contributed by atoms with van der Waals surface area (Å²) in [6.45, 7) is 1.45. The molecular weight excluding hydrogens is 278 g/mol. The molecule has 1 aromatic heterocycles. The molecular formula is C13H13N3O3S. The second kappa shape index (κ2) is 6.16. The third-order valence-electron chi connectivity index (χ3n) is 2.33. The first-order valence-corrected chi connectivity index (χ1v) is 6.65. The average Bonchev–Trinajstić information content (AvgIpc) is 2.86. The highest BCUT2D eigenvalue weighted by atomic mass is 32.1. The normalized spacial score (nSPS) is 9.90. The standard InChI is InChI=1S/C13H13N3O3S/c1-8(17)14-9-4-3-5-10(6-9)15-13-16-11(7-20-13)12(18)19-2/h3-7H,1-2H3,(H,14,17)(H,15,16). The summed E-state index contributed by atoms with van der Waals surface area (Å²) in [6.07, 6.45) is 0. The Balaban J connectivity index is 2.11. The van der Waals surface area contributed by atoms with Gasteiger partial charge >= 0.3 is 5.97 Å². The molecule has 0 bridgehead atoms. The molecule has 0 fully saturated rings. The lowest BCUT2D eigenvalue weighted by atomic mass is 10.3. The average molecular weight is 291 g/mol. The number of aromatic nitrogens is 1. The van der Waals surface area contributed by atoms with Gasteiger partial charge in [-0.25, -0.2) is 9.78 Å². The van der Waals surface area contributed by atoms with E-state index in [-0.39, 0.29) is 11.6 Å². The number of carbonyl (C=O) groups excluding carboxylic acids is 2. The zero-order valence-corrected chi connectivity index (χ0v) is 11.8. The molecule has 0 aliphatic carbocycles. The van der Waals surface area contributed by atoms with Gasteiger partial charge in [-0.15, -0.1) is 11.3 Å². The van der Waals surface area contributed by atoms with Crippen LogP contribution < -0.4 is 10.6 Å². The molecule has 0 spiro atoms. The third kappa shape index (κ3) is 3.55. The number of ether oxygens (including phenoxy) is 1. The van der Waals surface area contributed by atoms with E-state index in [0.717, 1.165) is 5.69 Å². The predicted molar refractivity (Wildman–Crippen MR) is 77.5 cm³/mol. The summed E-state index contributed by atoms with van der Waals surface area (Å²) in [4.78, 5) is 26.4. The van der Waals surface area contributed by atoms with Crippen LogP contribution in [0.1, 0.15) is 17.4 Å². The fourth-order valence-corrected chi connectivity index (χ4v) is 2.23. The van der Waals surface area contributed by atoms with Gasteiger partial charge in [0.1, 0.15) is 0 Å². The smallest absolute Gasteiger partial charge is 0.357 e. The van der Waals surface area contributed by atoms with Crippen LogP contribution in [-0.2, 0) is 9.53 Å². The molecule has 7 heteroatoms. The molecule has 1 amide bonds. The summed E-state index contributed by atoms with van der Waals surface area (Å²) in [7, 11) is 1.31. The van der Waals surface area contributed by atoms with Gasteiger partial charge in [0.25, 0.3) is 0 Å². The molecule has 6 nitrogen and oxygen atoms in total. The zero-order chi connectivity index (χ0) is 14.5. The number of thiazole rings is 1. The fraction of sp³-hybridized carbons (Fsp3) is 0.154. The molecule has 104 valence electrons. The Kier molecular flexibility index (Phi) is 4.31. The molecule has 2 N–H and O–H groups in total. The predicted octanol–water partition coefficient (Wildman–Crippen LogP) is 2.63. The molecule has 2 rings (SSSR count). The van der Waals surface area contributed by atoms with Crippen molar-refractivity contribution in [2.75, 3.05) is 17.7 Å². The minimum Gasteiger partial charge on any atom is -0.464 e. The largest absolute Gasteiger partial charge is 0.464 e. The third-order valence-corrected chi connectivity index (χ3v) is 3.09. The monoisotopic (exact) mass is 291 g/mol. The summed E-state index contributed by atoms with van der Waals surface area (Å²) in [6, 6.07) is 7.21. The van der Waals surface area contributed by atoms with Crippen LogP contribution in [0.2, 0.25) is 0 Å². The van der Waals surface area contributed by atoms with Crippen LogP contribution in [0.25, 0.3) is 0 Å². The maximum absolute atomic E-state index is 11.3. The lowest BCUT2D eigenvalue weighted by Crippen LogP contribution is -2.05. The van der Waals surface area contributed by atoms with E-state index >= 15 is 0 Å². The van der Waals surface area contributed by atoms with Crippen molar-refractivity contribution in [1.29, 1.82) is 0 Å². The topological polar surface area (TPSA) is 80.3 Å². The Morgan fingerprint density at radius 2 is 2.05 bits per heavy atom. The van der Waals surface area contributed by atoms with Gasteiger partial charge in [0, 0.05) is 23.7 Å². The quantitative estimate of drug-likeness (QED) is 0.846. The molecule has 1 aromatic carbocycles. The number of nitrogens with one attached hydrogen (secondary N) is 2. The number of methoxy groups -OCH3 is 1. The minimum absolute atomic E-state index is 0.135. The zero-order valence-electron chi connectivity index (χ0n) is 11.0. The van der Waals surface area contributed by atoms with Crippen LogP contribution in [0, 0.1) is 0 Å². The number of nitrogens with zero attached hydrogens (tertiary/aromatic N) is 1. The molecule has 0 saturated carbocycles. The van der Waals surface area contributed by atoms with Gasteiger partial charge < -0.3 is 15.4 Å². The second-order valence-corrected chi connectivity index (χ2v) is 4.77. The first-order chi connectivity index (χ1) is 9.58. The Labute approximate surface area is 119 Å². The molecule has 20 heavy (non-hydrogen) atoms. The van der Waals surface area contributed by atoms with E-state index in [4.69, 9.17) is 0 Å². The van der Waals surface area contributed by atoms with Crippen LogP contribution in [0.5, 0.6) is 0 Å². The van der Waals surface area contributed by atoms with Crippen molar-refractivity contribution >= 4 is 39.7 Å². The molecule has 2 aromatic rings. The van der Waals surface area contributed by atoms with E-state index in [0.29, 0.717) is 10.8 Å². The molecule has 0 radical (unpaired) electrons. The molecule has 1 heterocycles. The lowest BCUT2D eigenvalue weighted by Gasteiger charge is -2.06. The summed E-state index contributed by atoms with van der Waals surface area (Å²) in [5, 5.41) is 7.95. The van der Waals surface area contributed by atoms with Crippen LogP contribution >= 0.6 is 11.3 Å². The number of carbonyl (C=O) groups is 2. The Hall–Kier alpha value is -2.41. The number of amides is 1. The highest BCUT2D eigenvalue weighted by Gasteiger charge is 2.10.